The van der Waals surface area contributed by atoms with Gasteiger partial charge < -0.3 is 16.4 Å². The second-order valence-corrected chi connectivity index (χ2v) is 6.21. The Balaban J connectivity index is 0.00000361. The van der Waals surface area contributed by atoms with Crippen molar-refractivity contribution in [3.63, 3.8) is 0 Å². The molecule has 114 valence electrons. The van der Waals surface area contributed by atoms with Crippen LogP contribution in [0, 0.1) is 0 Å². The van der Waals surface area contributed by atoms with Gasteiger partial charge in [-0.25, -0.2) is 4.98 Å². The number of nitrogens with two attached hydrogens (primary N) is 1. The van der Waals surface area contributed by atoms with Crippen LogP contribution in [0.15, 0.2) is 5.38 Å². The molecule has 0 aliphatic heterocycles. The molecule has 0 fully saturated rings. The lowest BCUT2D eigenvalue weighted by Gasteiger charge is -2.23. The number of carbonyl (C=O) groups excluding carboxylic acids is 2. The summed E-state index contributed by atoms with van der Waals surface area (Å²) in [6.45, 7) is 7.58. The van der Waals surface area contributed by atoms with Gasteiger partial charge in [-0.15, -0.1) is 23.7 Å². The SMILES string of the molecule is CC(NC(=O)c1csc(CN)n1)C(=O)NC(C)(C)C.Cl. The van der Waals surface area contributed by atoms with E-state index in [1.165, 1.54) is 11.3 Å². The molecule has 0 saturated carbocycles. The van der Waals surface area contributed by atoms with Gasteiger partial charge in [0.2, 0.25) is 5.91 Å². The van der Waals surface area contributed by atoms with Crippen molar-refractivity contribution in [1.82, 2.24) is 15.6 Å². The van der Waals surface area contributed by atoms with Crippen LogP contribution in [0.4, 0.5) is 0 Å². The molecule has 4 N–H and O–H groups in total. The van der Waals surface area contributed by atoms with E-state index in [1.807, 2.05) is 20.8 Å². The molecule has 0 radical (unpaired) electrons. The topological polar surface area (TPSA) is 97.1 Å². The summed E-state index contributed by atoms with van der Waals surface area (Å²) in [5, 5.41) is 7.73. The zero-order valence-electron chi connectivity index (χ0n) is 12.0. The summed E-state index contributed by atoms with van der Waals surface area (Å²) in [7, 11) is 0. The molecule has 1 heterocycles. The lowest BCUT2D eigenvalue weighted by molar-refractivity contribution is -0.124. The van der Waals surface area contributed by atoms with Gasteiger partial charge in [-0.1, -0.05) is 0 Å². The van der Waals surface area contributed by atoms with Gasteiger partial charge in [-0.2, -0.15) is 0 Å². The zero-order chi connectivity index (χ0) is 14.6. The number of carbonyl (C=O) groups is 2. The molecule has 1 rings (SSSR count). The van der Waals surface area contributed by atoms with Crippen molar-refractivity contribution >= 4 is 35.6 Å². The van der Waals surface area contributed by atoms with Gasteiger partial charge in [0.05, 0.1) is 0 Å². The van der Waals surface area contributed by atoms with E-state index in [-0.39, 0.29) is 29.8 Å². The Morgan fingerprint density at radius 1 is 1.45 bits per heavy atom. The quantitative estimate of drug-likeness (QED) is 0.772. The number of hydrogen-bond acceptors (Lipinski definition) is 5. The molecule has 20 heavy (non-hydrogen) atoms. The highest BCUT2D eigenvalue weighted by atomic mass is 35.5. The van der Waals surface area contributed by atoms with Crippen LogP contribution in [0.5, 0.6) is 0 Å². The molecule has 1 aromatic heterocycles. The van der Waals surface area contributed by atoms with Crippen LogP contribution in [0.3, 0.4) is 0 Å². The summed E-state index contributed by atoms with van der Waals surface area (Å²) in [5.74, 6) is -0.595. The highest BCUT2D eigenvalue weighted by molar-refractivity contribution is 7.09. The minimum absolute atomic E-state index is 0. The first kappa shape index (κ1) is 18.8. The Bertz CT molecular complexity index is 470. The lowest BCUT2D eigenvalue weighted by atomic mass is 10.1. The van der Waals surface area contributed by atoms with E-state index in [4.69, 9.17) is 5.73 Å². The van der Waals surface area contributed by atoms with E-state index in [9.17, 15) is 9.59 Å². The van der Waals surface area contributed by atoms with Crippen molar-refractivity contribution in [2.24, 2.45) is 5.73 Å². The van der Waals surface area contributed by atoms with Gasteiger partial charge in [-0.05, 0) is 27.7 Å². The van der Waals surface area contributed by atoms with Crippen molar-refractivity contribution in [2.45, 2.75) is 45.8 Å². The predicted molar refractivity (Wildman–Crippen MR) is 82.1 cm³/mol. The number of thiazole rings is 1. The Morgan fingerprint density at radius 3 is 2.50 bits per heavy atom. The molecule has 0 aliphatic carbocycles. The lowest BCUT2D eigenvalue weighted by Crippen LogP contribution is -2.50. The average Bonchev–Trinajstić information content (AvgIpc) is 2.75. The molecule has 1 aromatic rings. The maximum atomic E-state index is 11.9. The highest BCUT2D eigenvalue weighted by Gasteiger charge is 2.21. The van der Waals surface area contributed by atoms with E-state index in [0.717, 1.165) is 0 Å². The molecule has 1 atom stereocenters. The van der Waals surface area contributed by atoms with Crippen molar-refractivity contribution in [1.29, 1.82) is 0 Å². The minimum atomic E-state index is -0.616. The Morgan fingerprint density at radius 2 is 2.05 bits per heavy atom. The van der Waals surface area contributed by atoms with Crippen LogP contribution in [0.1, 0.15) is 43.2 Å². The number of nitrogens with one attached hydrogen (secondary N) is 2. The third kappa shape index (κ3) is 5.85. The molecule has 0 aromatic carbocycles. The van der Waals surface area contributed by atoms with Crippen LogP contribution in [0.2, 0.25) is 0 Å². The van der Waals surface area contributed by atoms with Crippen molar-refractivity contribution in [3.8, 4) is 0 Å². The third-order valence-corrected chi connectivity index (χ3v) is 3.07. The molecule has 2 amide bonds. The summed E-state index contributed by atoms with van der Waals surface area (Å²) in [6.07, 6.45) is 0. The summed E-state index contributed by atoms with van der Waals surface area (Å²) >= 11 is 1.33. The van der Waals surface area contributed by atoms with Crippen molar-refractivity contribution in [2.75, 3.05) is 0 Å². The number of hydrogen-bond donors (Lipinski definition) is 3. The summed E-state index contributed by atoms with van der Waals surface area (Å²) in [5.41, 5.74) is 5.40. The van der Waals surface area contributed by atoms with E-state index in [2.05, 4.69) is 15.6 Å². The van der Waals surface area contributed by atoms with Crippen LogP contribution in [-0.4, -0.2) is 28.4 Å². The molecule has 6 nitrogen and oxygen atoms in total. The van der Waals surface area contributed by atoms with Gasteiger partial charge in [0, 0.05) is 17.5 Å². The van der Waals surface area contributed by atoms with Crippen LogP contribution >= 0.6 is 23.7 Å². The first-order chi connectivity index (χ1) is 8.73. The molecule has 0 saturated heterocycles. The largest absolute Gasteiger partial charge is 0.350 e. The number of amides is 2. The molecular weight excluding hydrogens is 300 g/mol. The summed E-state index contributed by atoms with van der Waals surface area (Å²) < 4.78 is 0. The maximum Gasteiger partial charge on any atom is 0.271 e. The molecule has 0 aliphatic rings. The van der Waals surface area contributed by atoms with Gasteiger partial charge in [-0.3, -0.25) is 9.59 Å². The predicted octanol–water partition coefficient (Wildman–Crippen LogP) is 1.06. The van der Waals surface area contributed by atoms with Crippen LogP contribution < -0.4 is 16.4 Å². The Hall–Kier alpha value is -1.18. The Labute approximate surface area is 128 Å². The minimum Gasteiger partial charge on any atom is -0.350 e. The average molecular weight is 321 g/mol. The van der Waals surface area contributed by atoms with Gasteiger partial charge in [0.25, 0.3) is 5.91 Å². The van der Waals surface area contributed by atoms with Crippen molar-refractivity contribution < 1.29 is 9.59 Å². The monoisotopic (exact) mass is 320 g/mol. The number of halogens is 1. The first-order valence-corrected chi connectivity index (χ1v) is 6.88. The second-order valence-electron chi connectivity index (χ2n) is 5.27. The number of rotatable bonds is 4. The number of nitrogens with zero attached hydrogens (tertiary/aromatic N) is 1. The van der Waals surface area contributed by atoms with Crippen molar-refractivity contribution in [3.05, 3.63) is 16.1 Å². The van der Waals surface area contributed by atoms with Crippen LogP contribution in [0.25, 0.3) is 0 Å². The molecule has 8 heteroatoms. The zero-order valence-corrected chi connectivity index (χ0v) is 13.7. The maximum absolute atomic E-state index is 11.9. The fourth-order valence-corrected chi connectivity index (χ4v) is 1.98. The molecule has 0 spiro atoms. The van der Waals surface area contributed by atoms with E-state index < -0.39 is 6.04 Å². The summed E-state index contributed by atoms with van der Waals surface area (Å²) in [4.78, 5) is 27.8. The normalized spacial score (nSPS) is 12.2. The van der Waals surface area contributed by atoms with E-state index in [0.29, 0.717) is 17.2 Å². The van der Waals surface area contributed by atoms with E-state index in [1.54, 1.807) is 12.3 Å². The standard InChI is InChI=1S/C12H20N4O2S.ClH/c1-7(10(17)16-12(2,3)4)14-11(18)8-6-19-9(5-13)15-8;/h6-7H,5,13H2,1-4H3,(H,14,18)(H,16,17);1H. The smallest absolute Gasteiger partial charge is 0.271 e. The van der Waals surface area contributed by atoms with Gasteiger partial charge >= 0.3 is 0 Å². The number of aromatic nitrogens is 1. The van der Waals surface area contributed by atoms with Gasteiger partial charge in [0.1, 0.15) is 16.7 Å². The summed E-state index contributed by atoms with van der Waals surface area (Å²) in [6, 6.07) is -0.616. The van der Waals surface area contributed by atoms with Gasteiger partial charge in [0.15, 0.2) is 0 Å². The molecule has 0 bridgehead atoms. The third-order valence-electron chi connectivity index (χ3n) is 2.20. The molecule has 1 unspecified atom stereocenters. The molecular formula is C12H21ClN4O2S. The fraction of sp³-hybridized carbons (Fsp3) is 0.583. The second kappa shape index (κ2) is 7.56. The first-order valence-electron chi connectivity index (χ1n) is 6.00. The Kier molecular flexibility index (Phi) is 7.12. The van der Waals surface area contributed by atoms with E-state index >= 15 is 0 Å². The van der Waals surface area contributed by atoms with Crippen LogP contribution in [-0.2, 0) is 11.3 Å². The fourth-order valence-electron chi connectivity index (χ4n) is 1.32. The highest BCUT2D eigenvalue weighted by Crippen LogP contribution is 2.09.